The highest BCUT2D eigenvalue weighted by atomic mass is 19.1. The Balaban J connectivity index is 1.56. The summed E-state index contributed by atoms with van der Waals surface area (Å²) >= 11 is 0. The Morgan fingerprint density at radius 2 is 1.79 bits per heavy atom. The minimum absolute atomic E-state index is 0.0159. The van der Waals surface area contributed by atoms with E-state index in [2.05, 4.69) is 33.3 Å². The van der Waals surface area contributed by atoms with Gasteiger partial charge in [-0.05, 0) is 35.7 Å². The van der Waals surface area contributed by atoms with E-state index in [0.29, 0.717) is 5.56 Å². The van der Waals surface area contributed by atoms with Crippen LogP contribution in [0.15, 0.2) is 48.5 Å². The van der Waals surface area contributed by atoms with Crippen LogP contribution in [-0.4, -0.2) is 12.1 Å². The van der Waals surface area contributed by atoms with E-state index in [1.807, 2.05) is 18.2 Å². The van der Waals surface area contributed by atoms with Crippen LogP contribution in [0.3, 0.4) is 0 Å². The highest BCUT2D eigenvalue weighted by Gasteiger charge is 2.37. The number of carbonyl (C=O) groups excluding carboxylic acids is 1. The van der Waals surface area contributed by atoms with Crippen LogP contribution in [0.2, 0.25) is 0 Å². The lowest BCUT2D eigenvalue weighted by molar-refractivity contribution is 0.0934. The largest absolute Gasteiger partial charge is 0.345 e. The summed E-state index contributed by atoms with van der Waals surface area (Å²) in [6.07, 6.45) is 0.774. The van der Waals surface area contributed by atoms with Gasteiger partial charge in [0.1, 0.15) is 5.82 Å². The number of hydrazine groups is 3. The normalized spacial score (nSPS) is 23.2. The van der Waals surface area contributed by atoms with Crippen LogP contribution >= 0.6 is 0 Å². The summed E-state index contributed by atoms with van der Waals surface area (Å²) in [5.41, 5.74) is 14.5. The molecule has 0 spiro atoms. The van der Waals surface area contributed by atoms with Gasteiger partial charge < -0.3 is 5.32 Å². The van der Waals surface area contributed by atoms with Gasteiger partial charge in [-0.1, -0.05) is 30.3 Å². The van der Waals surface area contributed by atoms with Gasteiger partial charge in [0.25, 0.3) is 5.91 Å². The van der Waals surface area contributed by atoms with Gasteiger partial charge in [-0.2, -0.15) is 11.1 Å². The van der Waals surface area contributed by atoms with Crippen LogP contribution in [-0.2, 0) is 0 Å². The molecule has 0 saturated carbocycles. The zero-order chi connectivity index (χ0) is 16.5. The molecular formula is C17H18FN5O. The number of hydrogen-bond acceptors (Lipinski definition) is 5. The Hall–Kier alpha value is -2.32. The Bertz CT molecular complexity index is 762. The second-order valence-corrected chi connectivity index (χ2v) is 6.02. The highest BCUT2D eigenvalue weighted by Crippen LogP contribution is 2.41. The van der Waals surface area contributed by atoms with Gasteiger partial charge in [0.15, 0.2) is 0 Å². The van der Waals surface area contributed by atoms with Crippen LogP contribution < -0.4 is 27.2 Å². The predicted octanol–water partition coefficient (Wildman–Crippen LogP) is 1.23. The molecule has 4 rings (SSSR count). The predicted molar refractivity (Wildman–Crippen MR) is 86.7 cm³/mol. The minimum Gasteiger partial charge on any atom is -0.345 e. The van der Waals surface area contributed by atoms with Gasteiger partial charge in [0.05, 0.1) is 12.2 Å². The van der Waals surface area contributed by atoms with Crippen molar-refractivity contribution < 1.29 is 9.18 Å². The second kappa shape index (κ2) is 6.29. The quantitative estimate of drug-likeness (QED) is 0.586. The molecule has 1 saturated heterocycles. The third-order valence-electron chi connectivity index (χ3n) is 4.57. The number of fused-ring (bicyclic) bond motifs is 1. The van der Waals surface area contributed by atoms with Crippen LogP contribution in [0, 0.1) is 5.82 Å². The average molecular weight is 327 g/mol. The van der Waals surface area contributed by atoms with Crippen LogP contribution in [0.5, 0.6) is 0 Å². The van der Waals surface area contributed by atoms with E-state index < -0.39 is 5.82 Å². The van der Waals surface area contributed by atoms with E-state index in [-0.39, 0.29) is 24.0 Å². The Morgan fingerprint density at radius 3 is 2.54 bits per heavy atom. The molecule has 1 heterocycles. The molecule has 2 aromatic carbocycles. The molecule has 1 unspecified atom stereocenters. The third-order valence-corrected chi connectivity index (χ3v) is 4.57. The fourth-order valence-electron chi connectivity index (χ4n) is 3.46. The van der Waals surface area contributed by atoms with Crippen molar-refractivity contribution in [1.29, 1.82) is 0 Å². The van der Waals surface area contributed by atoms with Crippen molar-refractivity contribution in [2.75, 3.05) is 0 Å². The number of halogens is 1. The van der Waals surface area contributed by atoms with E-state index in [0.717, 1.165) is 12.0 Å². The summed E-state index contributed by atoms with van der Waals surface area (Å²) in [4.78, 5) is 12.5. The molecule has 2 aliphatic rings. The molecule has 1 aliphatic heterocycles. The molecule has 0 radical (unpaired) electrons. The first-order valence-electron chi connectivity index (χ1n) is 7.89. The van der Waals surface area contributed by atoms with E-state index in [1.54, 1.807) is 12.1 Å². The highest BCUT2D eigenvalue weighted by molar-refractivity contribution is 5.94. The second-order valence-electron chi connectivity index (χ2n) is 6.02. The lowest BCUT2D eigenvalue weighted by atomic mass is 9.99. The monoisotopic (exact) mass is 327 g/mol. The fraction of sp³-hybridized carbons (Fsp3) is 0.235. The maximum absolute atomic E-state index is 13.3. The zero-order valence-corrected chi connectivity index (χ0v) is 12.8. The number of nitrogens with one attached hydrogen (secondary N) is 5. The van der Waals surface area contributed by atoms with Gasteiger partial charge in [-0.15, -0.1) is 0 Å². The molecule has 2 atom stereocenters. The molecule has 1 fully saturated rings. The lowest BCUT2D eigenvalue weighted by Gasteiger charge is -2.19. The van der Waals surface area contributed by atoms with Gasteiger partial charge in [0, 0.05) is 11.5 Å². The molecule has 1 amide bonds. The number of benzene rings is 2. The smallest absolute Gasteiger partial charge is 0.251 e. The van der Waals surface area contributed by atoms with E-state index in [9.17, 15) is 9.18 Å². The van der Waals surface area contributed by atoms with Crippen molar-refractivity contribution >= 4 is 5.91 Å². The Kier molecular flexibility index (Phi) is 3.99. The molecule has 124 valence electrons. The fourth-order valence-corrected chi connectivity index (χ4v) is 3.46. The van der Waals surface area contributed by atoms with Crippen molar-refractivity contribution in [2.24, 2.45) is 0 Å². The van der Waals surface area contributed by atoms with Crippen molar-refractivity contribution in [1.82, 2.24) is 27.2 Å². The summed E-state index contributed by atoms with van der Waals surface area (Å²) < 4.78 is 13.3. The lowest BCUT2D eigenvalue weighted by Crippen LogP contribution is -2.39. The zero-order valence-electron chi connectivity index (χ0n) is 12.8. The van der Waals surface area contributed by atoms with Gasteiger partial charge in [-0.25, -0.2) is 15.2 Å². The summed E-state index contributed by atoms with van der Waals surface area (Å²) in [6.45, 7) is 0. The first-order valence-corrected chi connectivity index (χ1v) is 7.89. The van der Waals surface area contributed by atoms with Gasteiger partial charge in [-0.3, -0.25) is 4.79 Å². The first-order chi connectivity index (χ1) is 11.7. The van der Waals surface area contributed by atoms with Gasteiger partial charge >= 0.3 is 0 Å². The van der Waals surface area contributed by atoms with E-state index >= 15 is 0 Å². The van der Waals surface area contributed by atoms with Crippen LogP contribution in [0.4, 0.5) is 4.39 Å². The van der Waals surface area contributed by atoms with Crippen LogP contribution in [0.1, 0.15) is 39.9 Å². The third kappa shape index (κ3) is 2.78. The number of hydrogen-bond donors (Lipinski definition) is 5. The van der Waals surface area contributed by atoms with E-state index in [1.165, 1.54) is 17.7 Å². The first kappa shape index (κ1) is 15.2. The van der Waals surface area contributed by atoms with Crippen LogP contribution in [0.25, 0.3) is 0 Å². The van der Waals surface area contributed by atoms with Gasteiger partial charge in [0.2, 0.25) is 0 Å². The Morgan fingerprint density at radius 1 is 1.04 bits per heavy atom. The topological polar surface area (TPSA) is 77.2 Å². The number of amides is 1. The molecule has 5 N–H and O–H groups in total. The standard InChI is InChI=1S/C17H18FN5O/c18-11-5-3-4-10(8-11)17(24)19-15-9-14(16-20-22-23-21-16)12-6-1-2-7-13(12)15/h1-8,14-16,20-23H,9H2,(H,19,24)/t14?,15-/m1/s1. The molecule has 24 heavy (non-hydrogen) atoms. The maximum Gasteiger partial charge on any atom is 0.251 e. The molecule has 1 aliphatic carbocycles. The SMILES string of the molecule is O=C(N[C@@H]1CC(C2NNNN2)c2ccccc21)c1cccc(F)c1. The summed E-state index contributed by atoms with van der Waals surface area (Å²) in [6, 6.07) is 13.7. The van der Waals surface area contributed by atoms with E-state index in [4.69, 9.17) is 0 Å². The number of carbonyl (C=O) groups is 1. The van der Waals surface area contributed by atoms with Crippen molar-refractivity contribution in [3.8, 4) is 0 Å². The molecule has 6 nitrogen and oxygen atoms in total. The van der Waals surface area contributed by atoms with Crippen molar-refractivity contribution in [3.05, 3.63) is 71.0 Å². The number of rotatable bonds is 3. The maximum atomic E-state index is 13.3. The molecule has 2 aromatic rings. The molecule has 0 aromatic heterocycles. The average Bonchev–Trinajstić information content (AvgIpc) is 3.23. The summed E-state index contributed by atoms with van der Waals surface area (Å²) in [5.74, 6) is -0.482. The molecule has 0 bridgehead atoms. The summed E-state index contributed by atoms with van der Waals surface area (Å²) in [5, 5.41) is 3.03. The summed E-state index contributed by atoms with van der Waals surface area (Å²) in [7, 11) is 0. The molecular weight excluding hydrogens is 309 g/mol. The van der Waals surface area contributed by atoms with Crippen molar-refractivity contribution in [2.45, 2.75) is 24.5 Å². The Labute approximate surface area is 138 Å². The minimum atomic E-state index is -0.413. The van der Waals surface area contributed by atoms with Crippen molar-refractivity contribution in [3.63, 3.8) is 0 Å². The molecule has 7 heteroatoms.